The first kappa shape index (κ1) is 31.6. The molecule has 2 aliphatic carbocycles. The van der Waals surface area contributed by atoms with Crippen molar-refractivity contribution in [1.29, 1.82) is 0 Å². The highest BCUT2D eigenvalue weighted by Gasteiger charge is 2.72. The standard InChI is InChI=1S/C31H44O9/c1-10-17(3)12-13-30(9)19(5)14-26(36-20(6)32)31-24(28(37-21(7)33)40-29(31)38-22(8)34)15-23(16-25(30)31)39-27(35)18(4)11-2/h10,12,15,18-19,23,25-26,28-29H,1,11,13-14,16H2,2-9H3. The molecule has 0 aromatic carbocycles. The van der Waals surface area contributed by atoms with E-state index in [0.29, 0.717) is 31.3 Å². The average Bonchev–Trinajstić information content (AvgIpc) is 3.16. The van der Waals surface area contributed by atoms with Gasteiger partial charge in [-0.15, -0.1) is 0 Å². The summed E-state index contributed by atoms with van der Waals surface area (Å²) in [7, 11) is 0. The minimum Gasteiger partial charge on any atom is -0.461 e. The van der Waals surface area contributed by atoms with Crippen LogP contribution in [-0.4, -0.2) is 48.7 Å². The summed E-state index contributed by atoms with van der Waals surface area (Å²) in [6.45, 7) is 17.7. The lowest BCUT2D eigenvalue weighted by atomic mass is 9.45. The predicted octanol–water partition coefficient (Wildman–Crippen LogP) is 5.19. The van der Waals surface area contributed by atoms with Crippen molar-refractivity contribution in [3.63, 3.8) is 0 Å². The van der Waals surface area contributed by atoms with Crippen molar-refractivity contribution in [3.05, 3.63) is 36.0 Å². The lowest BCUT2D eigenvalue weighted by Gasteiger charge is -2.60. The Morgan fingerprint density at radius 1 is 1.05 bits per heavy atom. The third kappa shape index (κ3) is 5.90. The van der Waals surface area contributed by atoms with Crippen molar-refractivity contribution in [1.82, 2.24) is 0 Å². The van der Waals surface area contributed by atoms with Gasteiger partial charge in [0.15, 0.2) is 0 Å². The summed E-state index contributed by atoms with van der Waals surface area (Å²) in [6.07, 6.45) is 3.92. The Bertz CT molecular complexity index is 1090. The van der Waals surface area contributed by atoms with E-state index in [2.05, 4.69) is 26.5 Å². The summed E-state index contributed by atoms with van der Waals surface area (Å²) >= 11 is 0. The van der Waals surface area contributed by atoms with Gasteiger partial charge >= 0.3 is 23.9 Å². The maximum atomic E-state index is 12.9. The zero-order valence-corrected chi connectivity index (χ0v) is 25.0. The molecular weight excluding hydrogens is 516 g/mol. The van der Waals surface area contributed by atoms with E-state index in [1.54, 1.807) is 12.2 Å². The molecule has 0 N–H and O–H groups in total. The molecule has 0 amide bonds. The number of carbonyl (C=O) groups excluding carboxylic acids is 4. The van der Waals surface area contributed by atoms with Crippen molar-refractivity contribution < 1.29 is 42.9 Å². The van der Waals surface area contributed by atoms with Crippen LogP contribution in [0.5, 0.6) is 0 Å². The molecule has 1 saturated carbocycles. The summed E-state index contributed by atoms with van der Waals surface area (Å²) in [5, 5.41) is 0. The summed E-state index contributed by atoms with van der Waals surface area (Å²) in [5.74, 6) is -2.62. The van der Waals surface area contributed by atoms with Crippen LogP contribution in [0.4, 0.5) is 0 Å². The molecule has 9 atom stereocenters. The molecule has 1 saturated heterocycles. The number of carbonyl (C=O) groups is 4. The van der Waals surface area contributed by atoms with Gasteiger partial charge in [0.25, 0.3) is 0 Å². The molecule has 0 aromatic heterocycles. The Balaban J connectivity index is 2.30. The van der Waals surface area contributed by atoms with Gasteiger partial charge in [-0.1, -0.05) is 52.0 Å². The summed E-state index contributed by atoms with van der Waals surface area (Å²) in [6, 6.07) is 0. The second-order valence-corrected chi connectivity index (χ2v) is 11.7. The zero-order chi connectivity index (χ0) is 30.0. The van der Waals surface area contributed by atoms with Gasteiger partial charge in [-0.25, -0.2) is 0 Å². The summed E-state index contributed by atoms with van der Waals surface area (Å²) in [5.41, 5.74) is -0.128. The van der Waals surface area contributed by atoms with Gasteiger partial charge in [-0.05, 0) is 55.9 Å². The fraction of sp³-hybridized carbons (Fsp3) is 0.677. The molecule has 1 aliphatic heterocycles. The van der Waals surface area contributed by atoms with E-state index in [1.807, 2.05) is 20.8 Å². The third-order valence-electron chi connectivity index (χ3n) is 9.15. The quantitative estimate of drug-likeness (QED) is 0.163. The highest BCUT2D eigenvalue weighted by atomic mass is 16.8. The van der Waals surface area contributed by atoms with Crippen molar-refractivity contribution in [2.75, 3.05) is 0 Å². The van der Waals surface area contributed by atoms with Crippen molar-refractivity contribution in [2.45, 2.75) is 106 Å². The van der Waals surface area contributed by atoms with Gasteiger partial charge in [0.1, 0.15) is 17.6 Å². The molecule has 222 valence electrons. The van der Waals surface area contributed by atoms with E-state index >= 15 is 0 Å². The normalized spacial score (nSPS) is 35.8. The van der Waals surface area contributed by atoms with Crippen LogP contribution in [0, 0.1) is 28.6 Å². The Morgan fingerprint density at radius 2 is 1.68 bits per heavy atom. The molecule has 0 radical (unpaired) electrons. The molecule has 2 fully saturated rings. The molecule has 9 unspecified atom stereocenters. The predicted molar refractivity (Wildman–Crippen MR) is 146 cm³/mol. The number of allylic oxidation sites excluding steroid dienone is 3. The Kier molecular flexibility index (Phi) is 9.70. The molecule has 1 heterocycles. The first-order valence-electron chi connectivity index (χ1n) is 14.1. The van der Waals surface area contributed by atoms with Crippen LogP contribution in [0.3, 0.4) is 0 Å². The van der Waals surface area contributed by atoms with E-state index in [9.17, 15) is 19.2 Å². The van der Waals surface area contributed by atoms with E-state index in [-0.39, 0.29) is 23.7 Å². The van der Waals surface area contributed by atoms with Gasteiger partial charge in [0.2, 0.25) is 12.6 Å². The Morgan fingerprint density at radius 3 is 2.23 bits per heavy atom. The van der Waals surface area contributed by atoms with Gasteiger partial charge in [-0.2, -0.15) is 0 Å². The van der Waals surface area contributed by atoms with Crippen LogP contribution >= 0.6 is 0 Å². The fourth-order valence-electron chi connectivity index (χ4n) is 6.61. The molecule has 1 spiro atoms. The van der Waals surface area contributed by atoms with Crippen LogP contribution in [0.25, 0.3) is 0 Å². The number of esters is 4. The highest BCUT2D eigenvalue weighted by Crippen LogP contribution is 2.67. The van der Waals surface area contributed by atoms with E-state index < -0.39 is 53.5 Å². The van der Waals surface area contributed by atoms with Gasteiger partial charge in [-0.3, -0.25) is 23.9 Å². The minimum absolute atomic E-state index is 0.0392. The van der Waals surface area contributed by atoms with E-state index in [0.717, 1.165) is 5.57 Å². The Hall–Kier alpha value is -2.94. The number of ether oxygens (including phenoxy) is 5. The first-order valence-corrected chi connectivity index (χ1v) is 14.1. The average molecular weight is 561 g/mol. The zero-order valence-electron chi connectivity index (χ0n) is 25.0. The van der Waals surface area contributed by atoms with Crippen molar-refractivity contribution in [2.24, 2.45) is 28.6 Å². The van der Waals surface area contributed by atoms with Crippen molar-refractivity contribution in [3.8, 4) is 0 Å². The molecule has 9 heteroatoms. The number of rotatable bonds is 9. The SMILES string of the molecule is C=CC(C)=CCC1(C)C(C)CC(OC(C)=O)C23C(=CC(OC(=O)C(C)CC)CC12)C(OC(C)=O)OC3OC(C)=O. The van der Waals surface area contributed by atoms with Crippen LogP contribution in [0.1, 0.15) is 81.1 Å². The number of hydrogen-bond donors (Lipinski definition) is 0. The van der Waals surface area contributed by atoms with Crippen LogP contribution in [-0.2, 0) is 42.9 Å². The van der Waals surface area contributed by atoms with Crippen LogP contribution < -0.4 is 0 Å². The smallest absolute Gasteiger partial charge is 0.309 e. The summed E-state index contributed by atoms with van der Waals surface area (Å²) in [4.78, 5) is 49.9. The molecule has 3 aliphatic rings. The summed E-state index contributed by atoms with van der Waals surface area (Å²) < 4.78 is 29.5. The van der Waals surface area contributed by atoms with E-state index in [4.69, 9.17) is 23.7 Å². The maximum Gasteiger partial charge on any atom is 0.309 e. The largest absolute Gasteiger partial charge is 0.461 e. The molecule has 0 aromatic rings. The fourth-order valence-corrected chi connectivity index (χ4v) is 6.61. The lowest BCUT2D eigenvalue weighted by Crippen LogP contribution is -2.64. The Labute approximate surface area is 237 Å². The third-order valence-corrected chi connectivity index (χ3v) is 9.15. The number of hydrogen-bond acceptors (Lipinski definition) is 9. The maximum absolute atomic E-state index is 12.9. The molecule has 40 heavy (non-hydrogen) atoms. The second kappa shape index (κ2) is 12.3. The van der Waals surface area contributed by atoms with Crippen LogP contribution in [0.2, 0.25) is 0 Å². The first-order chi connectivity index (χ1) is 18.7. The molecule has 9 nitrogen and oxygen atoms in total. The molecule has 0 bridgehead atoms. The van der Waals surface area contributed by atoms with Gasteiger partial charge < -0.3 is 18.9 Å². The minimum atomic E-state index is -1.21. The monoisotopic (exact) mass is 560 g/mol. The molecule has 3 rings (SSSR count). The van der Waals surface area contributed by atoms with Gasteiger partial charge in [0.05, 0.1) is 5.92 Å². The lowest BCUT2D eigenvalue weighted by molar-refractivity contribution is -0.257. The highest BCUT2D eigenvalue weighted by molar-refractivity contribution is 5.72. The molecular formula is C31H44O9. The van der Waals surface area contributed by atoms with Crippen LogP contribution in [0.15, 0.2) is 36.0 Å². The van der Waals surface area contributed by atoms with Crippen molar-refractivity contribution >= 4 is 23.9 Å². The topological polar surface area (TPSA) is 114 Å². The van der Waals surface area contributed by atoms with E-state index in [1.165, 1.54) is 20.8 Å². The van der Waals surface area contributed by atoms with Gasteiger partial charge in [0, 0.05) is 26.3 Å². The second-order valence-electron chi connectivity index (χ2n) is 11.7.